The molecule has 1 aromatic carbocycles. The molecule has 8 heteroatoms. The molecule has 0 aliphatic carbocycles. The van der Waals surface area contributed by atoms with E-state index in [1.54, 1.807) is 20.8 Å². The van der Waals surface area contributed by atoms with Crippen molar-refractivity contribution in [3.05, 3.63) is 35.6 Å². The van der Waals surface area contributed by atoms with Crippen LogP contribution in [0.4, 0.5) is 9.18 Å². The van der Waals surface area contributed by atoms with Crippen molar-refractivity contribution in [1.82, 2.24) is 16.0 Å². The topological polar surface area (TPSA) is 96.5 Å². The molecule has 0 atom stereocenters. The van der Waals surface area contributed by atoms with Gasteiger partial charge in [0.1, 0.15) is 11.4 Å². The molecule has 0 aromatic heterocycles. The van der Waals surface area contributed by atoms with E-state index >= 15 is 0 Å². The van der Waals surface area contributed by atoms with E-state index in [2.05, 4.69) is 16.0 Å². The number of hydrogen-bond donors (Lipinski definition) is 3. The molecule has 26 heavy (non-hydrogen) atoms. The Labute approximate surface area is 152 Å². The molecule has 7 nitrogen and oxygen atoms in total. The number of alkyl carbamates (subject to hydrolysis) is 1. The van der Waals surface area contributed by atoms with Gasteiger partial charge in [0.05, 0.1) is 0 Å². The monoisotopic (exact) mass is 367 g/mol. The molecule has 0 radical (unpaired) electrons. The molecule has 0 fully saturated rings. The summed E-state index contributed by atoms with van der Waals surface area (Å²) in [7, 11) is 0. The van der Waals surface area contributed by atoms with Gasteiger partial charge in [0, 0.05) is 31.6 Å². The Morgan fingerprint density at radius 1 is 1.04 bits per heavy atom. The molecule has 0 spiro atoms. The minimum atomic E-state index is -0.581. The van der Waals surface area contributed by atoms with Crippen molar-refractivity contribution >= 4 is 17.9 Å². The van der Waals surface area contributed by atoms with Gasteiger partial charge < -0.3 is 20.7 Å². The fourth-order valence-corrected chi connectivity index (χ4v) is 1.93. The summed E-state index contributed by atoms with van der Waals surface area (Å²) >= 11 is 0. The van der Waals surface area contributed by atoms with Crippen LogP contribution >= 0.6 is 0 Å². The molecule has 0 aliphatic heterocycles. The molecule has 0 bridgehead atoms. The Morgan fingerprint density at radius 2 is 1.73 bits per heavy atom. The van der Waals surface area contributed by atoms with E-state index in [-0.39, 0.29) is 30.3 Å². The predicted molar refractivity (Wildman–Crippen MR) is 95.2 cm³/mol. The van der Waals surface area contributed by atoms with Gasteiger partial charge in [-0.25, -0.2) is 9.18 Å². The molecular formula is C18H26FN3O4. The quantitative estimate of drug-likeness (QED) is 0.612. The normalized spacial score (nSPS) is 10.8. The maximum atomic E-state index is 13.0. The maximum absolute atomic E-state index is 13.0. The third-order valence-electron chi connectivity index (χ3n) is 3.07. The minimum Gasteiger partial charge on any atom is -0.444 e. The number of carbonyl (C=O) groups is 3. The fraction of sp³-hybridized carbons (Fsp3) is 0.500. The van der Waals surface area contributed by atoms with Crippen LogP contribution in [-0.2, 0) is 9.53 Å². The third kappa shape index (κ3) is 9.61. The van der Waals surface area contributed by atoms with Crippen LogP contribution < -0.4 is 16.0 Å². The van der Waals surface area contributed by atoms with Crippen molar-refractivity contribution in [3.63, 3.8) is 0 Å². The predicted octanol–water partition coefficient (Wildman–Crippen LogP) is 1.98. The first-order valence-electron chi connectivity index (χ1n) is 8.45. The number of rotatable bonds is 8. The highest BCUT2D eigenvalue weighted by atomic mass is 19.1. The highest BCUT2D eigenvalue weighted by Crippen LogP contribution is 2.06. The van der Waals surface area contributed by atoms with Crippen LogP contribution in [0.1, 0.15) is 44.0 Å². The first-order chi connectivity index (χ1) is 12.2. The van der Waals surface area contributed by atoms with Crippen molar-refractivity contribution in [1.29, 1.82) is 0 Å². The highest BCUT2D eigenvalue weighted by molar-refractivity contribution is 5.94. The Hall–Kier alpha value is -2.64. The molecule has 3 N–H and O–H groups in total. The summed E-state index contributed by atoms with van der Waals surface area (Å²) < 4.78 is 18.1. The van der Waals surface area contributed by atoms with Crippen molar-refractivity contribution in [2.24, 2.45) is 0 Å². The highest BCUT2D eigenvalue weighted by Gasteiger charge is 2.15. The summed E-state index contributed by atoms with van der Waals surface area (Å²) in [6.07, 6.45) is 0.103. The number of halogens is 1. The van der Waals surface area contributed by atoms with Gasteiger partial charge in [0.15, 0.2) is 0 Å². The summed E-state index contributed by atoms with van der Waals surface area (Å²) in [5.74, 6) is -1.04. The summed E-state index contributed by atoms with van der Waals surface area (Å²) in [5, 5.41) is 7.83. The number of carbonyl (C=O) groups excluding carboxylic acids is 3. The number of amides is 3. The number of benzene rings is 1. The lowest BCUT2D eigenvalue weighted by atomic mass is 10.2. The van der Waals surface area contributed by atoms with Crippen molar-refractivity contribution in [2.45, 2.75) is 39.2 Å². The van der Waals surface area contributed by atoms with Crippen molar-refractivity contribution < 1.29 is 23.5 Å². The average molecular weight is 367 g/mol. The zero-order chi connectivity index (χ0) is 19.6. The molecule has 1 aromatic rings. The Morgan fingerprint density at radius 3 is 2.38 bits per heavy atom. The molecular weight excluding hydrogens is 341 g/mol. The number of hydrogen-bond acceptors (Lipinski definition) is 4. The molecule has 0 saturated heterocycles. The third-order valence-corrected chi connectivity index (χ3v) is 3.07. The van der Waals surface area contributed by atoms with Gasteiger partial charge in [-0.05, 0) is 45.4 Å². The van der Waals surface area contributed by atoms with Gasteiger partial charge >= 0.3 is 6.09 Å². The van der Waals surface area contributed by atoms with Gasteiger partial charge in [-0.15, -0.1) is 0 Å². The molecule has 144 valence electrons. The van der Waals surface area contributed by atoms with Gasteiger partial charge in [-0.3, -0.25) is 9.59 Å². The molecule has 0 saturated carbocycles. The number of nitrogens with one attached hydrogen (secondary N) is 3. The first-order valence-corrected chi connectivity index (χ1v) is 8.45. The smallest absolute Gasteiger partial charge is 0.407 e. The second-order valence-corrected chi connectivity index (χ2v) is 6.65. The van der Waals surface area contributed by atoms with E-state index in [0.29, 0.717) is 19.5 Å². The zero-order valence-corrected chi connectivity index (χ0v) is 15.4. The van der Waals surface area contributed by atoms with Crippen molar-refractivity contribution in [2.75, 3.05) is 19.6 Å². The largest absolute Gasteiger partial charge is 0.444 e. The molecule has 0 unspecified atom stereocenters. The first kappa shape index (κ1) is 21.4. The van der Waals surface area contributed by atoms with Crippen LogP contribution in [-0.4, -0.2) is 43.1 Å². The summed E-state index contributed by atoms with van der Waals surface area (Å²) in [6.45, 7) is 6.18. The average Bonchev–Trinajstić information content (AvgIpc) is 2.52. The van der Waals surface area contributed by atoms with Gasteiger partial charge in [-0.2, -0.15) is 0 Å². The van der Waals surface area contributed by atoms with E-state index in [1.165, 1.54) is 18.2 Å². The Kier molecular flexibility index (Phi) is 8.54. The van der Waals surface area contributed by atoms with Crippen molar-refractivity contribution in [3.8, 4) is 0 Å². The number of ether oxygens (including phenoxy) is 1. The second kappa shape index (κ2) is 10.4. The molecule has 1 rings (SSSR count). The lowest BCUT2D eigenvalue weighted by Gasteiger charge is -2.19. The van der Waals surface area contributed by atoms with Crippen LogP contribution in [0.5, 0.6) is 0 Å². The van der Waals surface area contributed by atoms with E-state index in [4.69, 9.17) is 4.74 Å². The van der Waals surface area contributed by atoms with Crippen LogP contribution in [0.25, 0.3) is 0 Å². The van der Waals surface area contributed by atoms with E-state index < -0.39 is 17.5 Å². The van der Waals surface area contributed by atoms with Crippen LogP contribution in [0.3, 0.4) is 0 Å². The lowest BCUT2D eigenvalue weighted by molar-refractivity contribution is -0.120. The Balaban J connectivity index is 2.09. The van der Waals surface area contributed by atoms with Crippen LogP contribution in [0.2, 0.25) is 0 Å². The van der Waals surface area contributed by atoms with E-state index in [9.17, 15) is 18.8 Å². The summed E-state index contributed by atoms with van der Waals surface area (Å²) in [4.78, 5) is 34.8. The molecule has 0 aliphatic rings. The summed E-state index contributed by atoms with van der Waals surface area (Å²) in [6, 6.07) is 5.42. The van der Waals surface area contributed by atoms with Crippen LogP contribution in [0, 0.1) is 5.82 Å². The maximum Gasteiger partial charge on any atom is 0.407 e. The van der Waals surface area contributed by atoms with Gasteiger partial charge in [0.25, 0.3) is 5.91 Å². The minimum absolute atomic E-state index is 0.134. The Bertz CT molecular complexity index is 629. The second-order valence-electron chi connectivity index (χ2n) is 6.65. The standard InChI is InChI=1S/C18H26FN3O4/c1-18(2,3)26-17(25)22-11-8-15(23)20-9-5-10-21-16(24)13-6-4-7-14(19)12-13/h4,6-7,12H,5,8-11H2,1-3H3,(H,20,23)(H,21,24)(H,22,25). The molecule has 3 amide bonds. The van der Waals surface area contributed by atoms with Gasteiger partial charge in [0.2, 0.25) is 5.91 Å². The van der Waals surface area contributed by atoms with Gasteiger partial charge in [-0.1, -0.05) is 6.07 Å². The van der Waals surface area contributed by atoms with E-state index in [1.807, 2.05) is 0 Å². The lowest BCUT2D eigenvalue weighted by Crippen LogP contribution is -2.35. The molecule has 0 heterocycles. The SMILES string of the molecule is CC(C)(C)OC(=O)NCCC(=O)NCCCNC(=O)c1cccc(F)c1. The fourth-order valence-electron chi connectivity index (χ4n) is 1.93. The summed E-state index contributed by atoms with van der Waals surface area (Å²) in [5.41, 5.74) is -0.329. The van der Waals surface area contributed by atoms with E-state index in [0.717, 1.165) is 6.07 Å². The van der Waals surface area contributed by atoms with Crippen LogP contribution in [0.15, 0.2) is 24.3 Å². The zero-order valence-electron chi connectivity index (χ0n) is 15.4.